The van der Waals surface area contributed by atoms with Gasteiger partial charge in [0.25, 0.3) is 0 Å². The molecule has 0 saturated carbocycles. The fraction of sp³-hybridized carbons (Fsp3) is 0.238. The van der Waals surface area contributed by atoms with E-state index in [-0.39, 0.29) is 0 Å². The van der Waals surface area contributed by atoms with E-state index >= 15 is 0 Å². The fourth-order valence-corrected chi connectivity index (χ4v) is 3.00. The Bertz CT molecular complexity index is 840. The van der Waals surface area contributed by atoms with Crippen molar-refractivity contribution >= 4 is 11.4 Å². The molecule has 0 amide bonds. The molecule has 0 aliphatic heterocycles. The summed E-state index contributed by atoms with van der Waals surface area (Å²) in [6.07, 6.45) is 4.85. The molecule has 2 aromatic rings. The topological polar surface area (TPSA) is 39.2 Å². The zero-order valence-corrected chi connectivity index (χ0v) is 14.3. The van der Waals surface area contributed by atoms with Crippen molar-refractivity contribution in [3.8, 4) is 5.75 Å². The monoisotopic (exact) mass is 337 g/mol. The standard InChI is InChI=1S/C21H20FNO2/c1-14-17(7-6-15-4-3-5-18(12-15)25-2)13-19(20(22)21(14)24)16-8-10-23-11-9-16/h3-5,8-13,20H,6-7H2,1-2H3. The van der Waals surface area contributed by atoms with Crippen LogP contribution in [0.2, 0.25) is 0 Å². The molecule has 0 spiro atoms. The van der Waals surface area contributed by atoms with Crippen molar-refractivity contribution in [2.75, 3.05) is 7.11 Å². The van der Waals surface area contributed by atoms with Crippen LogP contribution < -0.4 is 4.74 Å². The third kappa shape index (κ3) is 3.68. The van der Waals surface area contributed by atoms with Gasteiger partial charge in [-0.2, -0.15) is 0 Å². The van der Waals surface area contributed by atoms with Crippen molar-refractivity contribution in [1.29, 1.82) is 0 Å². The van der Waals surface area contributed by atoms with Crippen molar-refractivity contribution in [3.63, 3.8) is 0 Å². The number of carbonyl (C=O) groups excluding carboxylic acids is 1. The van der Waals surface area contributed by atoms with E-state index in [1.165, 1.54) is 0 Å². The van der Waals surface area contributed by atoms with Gasteiger partial charge >= 0.3 is 0 Å². The van der Waals surface area contributed by atoms with Crippen LogP contribution in [-0.4, -0.2) is 24.0 Å². The number of nitrogens with zero attached hydrogens (tertiary/aromatic N) is 1. The number of halogens is 1. The zero-order chi connectivity index (χ0) is 17.8. The maximum atomic E-state index is 14.5. The number of rotatable bonds is 5. The summed E-state index contributed by atoms with van der Waals surface area (Å²) in [5, 5.41) is 0. The Morgan fingerprint density at radius 2 is 1.92 bits per heavy atom. The minimum atomic E-state index is -1.61. The minimum absolute atomic E-state index is 0.415. The average molecular weight is 337 g/mol. The fourth-order valence-electron chi connectivity index (χ4n) is 3.00. The van der Waals surface area contributed by atoms with Crippen LogP contribution in [0.4, 0.5) is 4.39 Å². The van der Waals surface area contributed by atoms with E-state index in [0.717, 1.165) is 23.3 Å². The van der Waals surface area contributed by atoms with Gasteiger partial charge in [-0.25, -0.2) is 4.39 Å². The number of ketones is 1. The Kier molecular flexibility index (Phi) is 5.08. The minimum Gasteiger partial charge on any atom is -0.497 e. The summed E-state index contributed by atoms with van der Waals surface area (Å²) in [6, 6.07) is 11.3. The molecule has 3 nitrogen and oxygen atoms in total. The van der Waals surface area contributed by atoms with E-state index in [1.807, 2.05) is 30.3 Å². The molecule has 1 aliphatic carbocycles. The van der Waals surface area contributed by atoms with Gasteiger partial charge < -0.3 is 4.74 Å². The molecule has 128 valence electrons. The molecule has 0 fully saturated rings. The van der Waals surface area contributed by atoms with Crippen LogP contribution in [0.15, 0.2) is 66.0 Å². The first-order valence-corrected chi connectivity index (χ1v) is 8.23. The largest absolute Gasteiger partial charge is 0.497 e. The smallest absolute Gasteiger partial charge is 0.197 e. The van der Waals surface area contributed by atoms with Gasteiger partial charge in [0.15, 0.2) is 12.0 Å². The first-order chi connectivity index (χ1) is 12.1. The highest BCUT2D eigenvalue weighted by Gasteiger charge is 2.30. The molecule has 1 atom stereocenters. The molecule has 1 aliphatic rings. The summed E-state index contributed by atoms with van der Waals surface area (Å²) in [5.74, 6) is 0.356. The molecule has 1 unspecified atom stereocenters. The molecule has 0 bridgehead atoms. The lowest BCUT2D eigenvalue weighted by atomic mass is 9.85. The SMILES string of the molecule is COc1cccc(CCC2=C(C)C(=O)C(F)C(c3ccncc3)=C2)c1. The van der Waals surface area contributed by atoms with E-state index in [2.05, 4.69) is 4.98 Å². The Labute approximate surface area is 146 Å². The molecule has 0 saturated heterocycles. The van der Waals surface area contributed by atoms with Crippen molar-refractivity contribution in [3.05, 3.63) is 77.1 Å². The number of allylic oxidation sites excluding steroid dienone is 4. The van der Waals surface area contributed by atoms with Gasteiger partial charge in [-0.05, 0) is 66.3 Å². The first kappa shape index (κ1) is 17.1. The van der Waals surface area contributed by atoms with Crippen molar-refractivity contribution in [2.24, 2.45) is 0 Å². The Balaban J connectivity index is 1.86. The van der Waals surface area contributed by atoms with Crippen LogP contribution in [0.25, 0.3) is 5.57 Å². The van der Waals surface area contributed by atoms with Crippen LogP contribution >= 0.6 is 0 Å². The molecule has 4 heteroatoms. The molecule has 1 aromatic heterocycles. The summed E-state index contributed by atoms with van der Waals surface area (Å²) >= 11 is 0. The lowest BCUT2D eigenvalue weighted by molar-refractivity contribution is -0.118. The molecule has 0 radical (unpaired) electrons. The number of benzene rings is 1. The summed E-state index contributed by atoms with van der Waals surface area (Å²) in [5.41, 5.74) is 3.62. The average Bonchev–Trinajstić information content (AvgIpc) is 2.66. The third-order valence-electron chi connectivity index (χ3n) is 4.52. The number of methoxy groups -OCH3 is 1. The highest BCUT2D eigenvalue weighted by molar-refractivity contribution is 6.09. The lowest BCUT2D eigenvalue weighted by Crippen LogP contribution is -2.23. The normalized spacial score (nSPS) is 17.5. The summed E-state index contributed by atoms with van der Waals surface area (Å²) in [7, 11) is 1.64. The Morgan fingerprint density at radius 3 is 2.64 bits per heavy atom. The highest BCUT2D eigenvalue weighted by Crippen LogP contribution is 2.32. The zero-order valence-electron chi connectivity index (χ0n) is 14.3. The lowest BCUT2D eigenvalue weighted by Gasteiger charge is -2.21. The van der Waals surface area contributed by atoms with Crippen LogP contribution in [0.1, 0.15) is 24.5 Å². The molecular formula is C21H20FNO2. The van der Waals surface area contributed by atoms with Crippen molar-refractivity contribution < 1.29 is 13.9 Å². The second-order valence-electron chi connectivity index (χ2n) is 6.06. The van der Waals surface area contributed by atoms with Gasteiger partial charge in [-0.3, -0.25) is 9.78 Å². The summed E-state index contributed by atoms with van der Waals surface area (Å²) in [6.45, 7) is 1.70. The highest BCUT2D eigenvalue weighted by atomic mass is 19.1. The first-order valence-electron chi connectivity index (χ1n) is 8.23. The summed E-state index contributed by atoms with van der Waals surface area (Å²) in [4.78, 5) is 16.3. The Morgan fingerprint density at radius 1 is 1.16 bits per heavy atom. The molecule has 1 heterocycles. The number of alkyl halides is 1. The predicted molar refractivity (Wildman–Crippen MR) is 96.1 cm³/mol. The van der Waals surface area contributed by atoms with Gasteiger partial charge in [0.05, 0.1) is 7.11 Å². The molecule has 0 N–H and O–H groups in total. The van der Waals surface area contributed by atoms with Gasteiger partial charge in [-0.15, -0.1) is 0 Å². The molecular weight excluding hydrogens is 317 g/mol. The maximum Gasteiger partial charge on any atom is 0.197 e. The second-order valence-corrected chi connectivity index (χ2v) is 6.06. The van der Waals surface area contributed by atoms with Gasteiger partial charge in [0.1, 0.15) is 5.75 Å². The van der Waals surface area contributed by atoms with Crippen molar-refractivity contribution in [2.45, 2.75) is 25.9 Å². The number of Topliss-reactive ketones (excluding diaryl/α,β-unsaturated/α-hetero) is 1. The van der Waals surface area contributed by atoms with Gasteiger partial charge in [0, 0.05) is 18.0 Å². The van der Waals surface area contributed by atoms with E-state index in [9.17, 15) is 9.18 Å². The maximum absolute atomic E-state index is 14.5. The number of aryl methyl sites for hydroxylation is 1. The number of hydrogen-bond donors (Lipinski definition) is 0. The second kappa shape index (κ2) is 7.43. The van der Waals surface area contributed by atoms with Gasteiger partial charge in [-0.1, -0.05) is 18.2 Å². The molecule has 1 aromatic carbocycles. The van der Waals surface area contributed by atoms with Crippen LogP contribution in [0.5, 0.6) is 5.75 Å². The number of hydrogen-bond acceptors (Lipinski definition) is 3. The number of pyridine rings is 1. The molecule has 25 heavy (non-hydrogen) atoms. The summed E-state index contributed by atoms with van der Waals surface area (Å²) < 4.78 is 19.8. The van der Waals surface area contributed by atoms with E-state index in [0.29, 0.717) is 23.1 Å². The van der Waals surface area contributed by atoms with Crippen LogP contribution in [0, 0.1) is 0 Å². The van der Waals surface area contributed by atoms with Crippen LogP contribution in [-0.2, 0) is 11.2 Å². The number of carbonyl (C=O) groups is 1. The van der Waals surface area contributed by atoms with E-state index < -0.39 is 12.0 Å². The van der Waals surface area contributed by atoms with Crippen LogP contribution in [0.3, 0.4) is 0 Å². The number of aromatic nitrogens is 1. The van der Waals surface area contributed by atoms with E-state index in [4.69, 9.17) is 4.74 Å². The third-order valence-corrected chi connectivity index (χ3v) is 4.52. The van der Waals surface area contributed by atoms with Gasteiger partial charge in [0.2, 0.25) is 0 Å². The number of ether oxygens (including phenoxy) is 1. The predicted octanol–water partition coefficient (Wildman–Crippen LogP) is 4.34. The Hall–Kier alpha value is -2.75. The molecule has 3 rings (SSSR count). The quantitative estimate of drug-likeness (QED) is 0.814. The van der Waals surface area contributed by atoms with E-state index in [1.54, 1.807) is 38.6 Å². The van der Waals surface area contributed by atoms with Crippen molar-refractivity contribution in [1.82, 2.24) is 4.98 Å².